The summed E-state index contributed by atoms with van der Waals surface area (Å²) in [5, 5.41) is 12.5. The molecule has 0 unspecified atom stereocenters. The molecule has 0 bridgehead atoms. The third-order valence-electron chi connectivity index (χ3n) is 6.87. The minimum atomic E-state index is -0.609. The van der Waals surface area contributed by atoms with Crippen molar-refractivity contribution in [3.05, 3.63) is 52.8 Å². The van der Waals surface area contributed by atoms with Crippen molar-refractivity contribution >= 4 is 22.6 Å². The lowest BCUT2D eigenvalue weighted by atomic mass is 9.82. The van der Waals surface area contributed by atoms with Gasteiger partial charge in [-0.25, -0.2) is 0 Å². The summed E-state index contributed by atoms with van der Waals surface area (Å²) in [5.74, 6) is 0.789. The quantitative estimate of drug-likeness (QED) is 0.234. The number of hydrogen-bond acceptors (Lipinski definition) is 4. The highest BCUT2D eigenvalue weighted by Gasteiger charge is 2.35. The van der Waals surface area contributed by atoms with Crippen molar-refractivity contribution in [3.8, 4) is 17.5 Å². The van der Waals surface area contributed by atoms with E-state index in [1.807, 2.05) is 38.8 Å². The van der Waals surface area contributed by atoms with E-state index in [0.717, 1.165) is 70.6 Å². The molecule has 1 aromatic carbocycles. The summed E-state index contributed by atoms with van der Waals surface area (Å²) in [6.07, 6.45) is 4.78. The van der Waals surface area contributed by atoms with Crippen LogP contribution in [0.1, 0.15) is 56.1 Å². The Hall–Kier alpha value is -3.66. The zero-order valence-electron chi connectivity index (χ0n) is 21.3. The minimum absolute atomic E-state index is 0.190. The molecule has 3 heterocycles. The summed E-state index contributed by atoms with van der Waals surface area (Å²) in [7, 11) is 0. The highest BCUT2D eigenvalue weighted by atomic mass is 16.2. The van der Waals surface area contributed by atoms with Crippen molar-refractivity contribution in [2.75, 3.05) is 19.6 Å². The number of carbonyl (C=O) groups is 1. The molecule has 1 amide bonds. The number of nitriles is 1. The Morgan fingerprint density at radius 2 is 1.89 bits per heavy atom. The van der Waals surface area contributed by atoms with E-state index in [0.29, 0.717) is 18.8 Å². The number of pyridine rings is 1. The summed E-state index contributed by atoms with van der Waals surface area (Å²) in [6, 6.07) is 10.5. The van der Waals surface area contributed by atoms with E-state index in [1.54, 1.807) is 6.92 Å². The number of amides is 1. The fourth-order valence-electron chi connectivity index (χ4n) is 5.02. The second-order valence-corrected chi connectivity index (χ2v) is 9.96. The Bertz CT molecular complexity index is 1300. The van der Waals surface area contributed by atoms with Crippen molar-refractivity contribution in [1.29, 1.82) is 5.26 Å². The van der Waals surface area contributed by atoms with Gasteiger partial charge in [0.25, 0.3) is 0 Å². The first-order valence-corrected chi connectivity index (χ1v) is 12.3. The standard InChI is InChI=1S/C28H34N6O/c1-18-14-21(15-19(2)32-18)26-23(10-11-30-20(3)31-17-29)24-16-22(8-9-25(24)33-26)28(4,5)27(35)34-12-6-7-13-34/h8-9,14-16,33H,6-7,10-13H2,1-5H3,(H,30,31). The zero-order chi connectivity index (χ0) is 25.2. The molecule has 7 nitrogen and oxygen atoms in total. The number of nitrogens with zero attached hydrogens (tertiary/aromatic N) is 4. The number of likely N-dealkylation sites (tertiary alicyclic amines) is 1. The number of H-pyrrole nitrogens is 1. The van der Waals surface area contributed by atoms with Crippen LogP contribution in [0, 0.1) is 25.3 Å². The van der Waals surface area contributed by atoms with Crippen LogP contribution in [0.5, 0.6) is 0 Å². The topological polar surface area (TPSA) is 97.2 Å². The number of rotatable bonds is 6. The van der Waals surface area contributed by atoms with E-state index >= 15 is 0 Å². The van der Waals surface area contributed by atoms with Crippen LogP contribution in [0.25, 0.3) is 22.2 Å². The molecule has 2 N–H and O–H groups in total. The lowest BCUT2D eigenvalue weighted by molar-refractivity contribution is -0.135. The Morgan fingerprint density at radius 3 is 2.54 bits per heavy atom. The van der Waals surface area contributed by atoms with E-state index in [2.05, 4.69) is 50.6 Å². The first-order valence-electron chi connectivity index (χ1n) is 12.3. The molecule has 2 aromatic heterocycles. The average molecular weight is 471 g/mol. The Labute approximate surface area is 207 Å². The Kier molecular flexibility index (Phi) is 6.93. The fourth-order valence-corrected chi connectivity index (χ4v) is 5.02. The Balaban J connectivity index is 1.79. The SMILES string of the molecule is CC(=NCCc1c(-c2cc(C)nc(C)c2)[nH]c2ccc(C(C)(C)C(=O)N3CCCC3)cc12)NC#N. The van der Waals surface area contributed by atoms with Gasteiger partial charge in [-0.1, -0.05) is 6.07 Å². The van der Waals surface area contributed by atoms with Crippen molar-refractivity contribution in [2.24, 2.45) is 4.99 Å². The Morgan fingerprint density at radius 1 is 1.20 bits per heavy atom. The zero-order valence-corrected chi connectivity index (χ0v) is 21.3. The van der Waals surface area contributed by atoms with Crippen LogP contribution in [-0.2, 0) is 16.6 Å². The third kappa shape index (κ3) is 5.07. The number of fused-ring (bicyclic) bond motifs is 1. The molecule has 3 aromatic rings. The van der Waals surface area contributed by atoms with E-state index in [4.69, 9.17) is 5.26 Å². The van der Waals surface area contributed by atoms with Crippen LogP contribution < -0.4 is 5.32 Å². The molecule has 0 aliphatic carbocycles. The number of nitrogens with one attached hydrogen (secondary N) is 2. The van der Waals surface area contributed by atoms with Gasteiger partial charge in [0.1, 0.15) is 5.84 Å². The third-order valence-corrected chi connectivity index (χ3v) is 6.87. The predicted octanol–water partition coefficient (Wildman–Crippen LogP) is 4.78. The van der Waals surface area contributed by atoms with Crippen molar-refractivity contribution < 1.29 is 4.79 Å². The van der Waals surface area contributed by atoms with Gasteiger partial charge in [-0.2, -0.15) is 5.26 Å². The minimum Gasteiger partial charge on any atom is -0.354 e. The fraction of sp³-hybridized carbons (Fsp3) is 0.429. The molecular weight excluding hydrogens is 436 g/mol. The number of aliphatic imine (C=N–C) groups is 1. The summed E-state index contributed by atoms with van der Waals surface area (Å²) >= 11 is 0. The number of benzene rings is 1. The first kappa shape index (κ1) is 24.5. The summed E-state index contributed by atoms with van der Waals surface area (Å²) in [4.78, 5) is 28.0. The number of hydrogen-bond donors (Lipinski definition) is 2. The van der Waals surface area contributed by atoms with Gasteiger partial charge in [-0.15, -0.1) is 0 Å². The number of carbonyl (C=O) groups excluding carboxylic acids is 1. The lowest BCUT2D eigenvalue weighted by Gasteiger charge is -2.29. The summed E-state index contributed by atoms with van der Waals surface area (Å²) < 4.78 is 0. The van der Waals surface area contributed by atoms with E-state index in [-0.39, 0.29) is 5.91 Å². The molecule has 0 saturated carbocycles. The van der Waals surface area contributed by atoms with Crippen molar-refractivity contribution in [1.82, 2.24) is 20.2 Å². The normalized spacial score (nSPS) is 14.4. The van der Waals surface area contributed by atoms with Crippen LogP contribution in [-0.4, -0.2) is 46.2 Å². The highest BCUT2D eigenvalue weighted by Crippen LogP contribution is 2.35. The second kappa shape index (κ2) is 9.91. The molecule has 35 heavy (non-hydrogen) atoms. The van der Waals surface area contributed by atoms with Gasteiger partial charge in [-0.05, 0) is 89.3 Å². The smallest absolute Gasteiger partial charge is 0.232 e. The van der Waals surface area contributed by atoms with Crippen molar-refractivity contribution in [2.45, 2.75) is 59.3 Å². The molecule has 1 saturated heterocycles. The van der Waals surface area contributed by atoms with Crippen LogP contribution in [0.15, 0.2) is 35.3 Å². The van der Waals surface area contributed by atoms with Gasteiger partial charge in [-0.3, -0.25) is 20.1 Å². The van der Waals surface area contributed by atoms with Gasteiger partial charge in [0.15, 0.2) is 6.19 Å². The highest BCUT2D eigenvalue weighted by molar-refractivity contribution is 5.94. The summed E-state index contributed by atoms with van der Waals surface area (Å²) in [6.45, 7) is 12.1. The van der Waals surface area contributed by atoms with Gasteiger partial charge >= 0.3 is 0 Å². The number of aromatic amines is 1. The maximum absolute atomic E-state index is 13.4. The van der Waals surface area contributed by atoms with Gasteiger partial charge in [0.05, 0.1) is 5.41 Å². The molecule has 1 aliphatic rings. The van der Waals surface area contributed by atoms with Crippen LogP contribution >= 0.6 is 0 Å². The molecule has 4 rings (SSSR count). The average Bonchev–Trinajstić information content (AvgIpc) is 3.46. The van der Waals surface area contributed by atoms with E-state index in [1.165, 1.54) is 0 Å². The van der Waals surface area contributed by atoms with Crippen molar-refractivity contribution in [3.63, 3.8) is 0 Å². The number of aromatic nitrogens is 2. The second-order valence-electron chi connectivity index (χ2n) is 9.96. The van der Waals surface area contributed by atoms with Gasteiger partial charge < -0.3 is 9.88 Å². The number of amidine groups is 1. The van der Waals surface area contributed by atoms with Crippen LogP contribution in [0.3, 0.4) is 0 Å². The largest absolute Gasteiger partial charge is 0.354 e. The molecule has 0 atom stereocenters. The van der Waals surface area contributed by atoms with Gasteiger partial charge in [0.2, 0.25) is 5.91 Å². The molecule has 1 aliphatic heterocycles. The van der Waals surface area contributed by atoms with Gasteiger partial charge in [0, 0.05) is 53.2 Å². The molecule has 182 valence electrons. The van der Waals surface area contributed by atoms with E-state index in [9.17, 15) is 4.79 Å². The molecule has 0 radical (unpaired) electrons. The molecule has 7 heteroatoms. The molecule has 1 fully saturated rings. The van der Waals surface area contributed by atoms with Crippen LogP contribution in [0.4, 0.5) is 0 Å². The van der Waals surface area contributed by atoms with E-state index < -0.39 is 5.41 Å². The lowest BCUT2D eigenvalue weighted by Crippen LogP contribution is -2.41. The van der Waals surface area contributed by atoms with Crippen LogP contribution in [0.2, 0.25) is 0 Å². The predicted molar refractivity (Wildman–Crippen MR) is 140 cm³/mol. The maximum atomic E-state index is 13.4. The first-order chi connectivity index (χ1) is 16.7. The monoisotopic (exact) mass is 470 g/mol. The summed E-state index contributed by atoms with van der Waals surface area (Å²) in [5.41, 5.74) is 6.67. The molecular formula is C28H34N6O. The maximum Gasteiger partial charge on any atom is 0.232 e. The number of aryl methyl sites for hydroxylation is 2. The molecule has 0 spiro atoms.